The normalized spacial score (nSPS) is 19.5. The first-order valence-electron chi connectivity index (χ1n) is 10.9. The number of alkyl halides is 6. The Labute approximate surface area is 220 Å². The molecule has 4 heterocycles. The molecule has 2 fully saturated rings. The quantitative estimate of drug-likeness (QED) is 0.436. The minimum atomic E-state index is -5.08. The van der Waals surface area contributed by atoms with Crippen molar-refractivity contribution in [1.29, 1.82) is 0 Å². The van der Waals surface area contributed by atoms with E-state index in [2.05, 4.69) is 15.2 Å². The molecule has 2 saturated heterocycles. The van der Waals surface area contributed by atoms with Crippen LogP contribution in [0.15, 0.2) is 36.8 Å². The number of hydrogen-bond donors (Lipinski definition) is 3. The van der Waals surface area contributed by atoms with Gasteiger partial charge in [0.15, 0.2) is 0 Å². The van der Waals surface area contributed by atoms with E-state index in [1.807, 2.05) is 6.07 Å². The first-order chi connectivity index (χ1) is 18.6. The summed E-state index contributed by atoms with van der Waals surface area (Å²) in [5, 5.41) is 20.8. The lowest BCUT2D eigenvalue weighted by Gasteiger charge is -2.42. The topological polar surface area (TPSA) is 175 Å². The van der Waals surface area contributed by atoms with Gasteiger partial charge in [0, 0.05) is 18.9 Å². The number of carbonyl (C=O) groups excluding carboxylic acids is 2. The van der Waals surface area contributed by atoms with E-state index in [4.69, 9.17) is 29.3 Å². The van der Waals surface area contributed by atoms with Crippen LogP contribution in [0.5, 0.6) is 0 Å². The Hall–Kier alpha value is -4.26. The highest BCUT2D eigenvalue weighted by molar-refractivity contribution is 5.95. The van der Waals surface area contributed by atoms with Crippen LogP contribution in [-0.4, -0.2) is 111 Å². The molecular formula is C21H21F6N5O8. The number of pyridine rings is 1. The smallest absolute Gasteiger partial charge is 0.475 e. The SMILES string of the molecule is O=C(O)C(F)(F)F.O=C(O)C(F)(F)F.O=C(c1ccn[nH]1)N1CCOCC2(C1)CN(c1cccnc1)C(=O)CO2. The van der Waals surface area contributed by atoms with Crippen molar-refractivity contribution in [2.45, 2.75) is 18.0 Å². The summed E-state index contributed by atoms with van der Waals surface area (Å²) in [5.74, 6) is -5.82. The summed E-state index contributed by atoms with van der Waals surface area (Å²) in [6, 6.07) is 5.24. The number of halogens is 6. The van der Waals surface area contributed by atoms with Gasteiger partial charge >= 0.3 is 24.3 Å². The second-order valence-electron chi connectivity index (χ2n) is 8.02. The van der Waals surface area contributed by atoms with E-state index in [9.17, 15) is 35.9 Å². The number of rotatable bonds is 2. The van der Waals surface area contributed by atoms with Gasteiger partial charge in [-0.15, -0.1) is 0 Å². The summed E-state index contributed by atoms with van der Waals surface area (Å²) >= 11 is 0. The first kappa shape index (κ1) is 32.0. The lowest BCUT2D eigenvalue weighted by Crippen LogP contribution is -2.61. The molecule has 2 aliphatic rings. The van der Waals surface area contributed by atoms with E-state index in [0.717, 1.165) is 0 Å². The molecule has 0 radical (unpaired) electrons. The maximum Gasteiger partial charge on any atom is 0.490 e. The van der Waals surface area contributed by atoms with E-state index < -0.39 is 29.9 Å². The molecule has 1 atom stereocenters. The first-order valence-corrected chi connectivity index (χ1v) is 10.9. The minimum absolute atomic E-state index is 0.0651. The summed E-state index contributed by atoms with van der Waals surface area (Å²) < 4.78 is 75.1. The molecule has 0 aliphatic carbocycles. The standard InChI is InChI=1S/C17H19N5O4.2C2HF3O2/c23-15-9-26-17(11-22(15)13-2-1-4-18-8-13)10-21(6-7-25-12-17)16(24)14-3-5-19-20-14;2*3-2(4,5)1(6)7/h1-5,8H,6-7,9-12H2,(H,19,20);2*(H,6,7). The Morgan fingerprint density at radius 3 is 2.12 bits per heavy atom. The van der Waals surface area contributed by atoms with E-state index in [1.165, 1.54) is 6.20 Å². The summed E-state index contributed by atoms with van der Waals surface area (Å²) in [4.78, 5) is 50.3. The number of carboxylic acid groups (broad SMARTS) is 2. The predicted octanol–water partition coefficient (Wildman–Crippen LogP) is 1.35. The molecule has 2 aliphatic heterocycles. The van der Waals surface area contributed by atoms with Crippen molar-refractivity contribution >= 4 is 29.4 Å². The van der Waals surface area contributed by atoms with Crippen molar-refractivity contribution in [3.63, 3.8) is 0 Å². The van der Waals surface area contributed by atoms with Crippen LogP contribution in [0.4, 0.5) is 32.0 Å². The van der Waals surface area contributed by atoms with Gasteiger partial charge in [-0.1, -0.05) is 0 Å². The zero-order valence-corrected chi connectivity index (χ0v) is 20.1. The number of nitrogens with zero attached hydrogens (tertiary/aromatic N) is 4. The van der Waals surface area contributed by atoms with Gasteiger partial charge in [-0.05, 0) is 18.2 Å². The number of ether oxygens (including phenoxy) is 2. The van der Waals surface area contributed by atoms with Crippen molar-refractivity contribution in [3.8, 4) is 0 Å². The van der Waals surface area contributed by atoms with Gasteiger partial charge in [0.2, 0.25) is 0 Å². The van der Waals surface area contributed by atoms with Crippen molar-refractivity contribution < 1.29 is 65.2 Å². The lowest BCUT2D eigenvalue weighted by molar-refractivity contribution is -0.193. The minimum Gasteiger partial charge on any atom is -0.475 e. The highest BCUT2D eigenvalue weighted by atomic mass is 19.4. The number of carbonyl (C=O) groups is 4. The van der Waals surface area contributed by atoms with Crippen LogP contribution in [0.3, 0.4) is 0 Å². The third-order valence-corrected chi connectivity index (χ3v) is 5.06. The van der Waals surface area contributed by atoms with Crippen LogP contribution in [0.25, 0.3) is 0 Å². The van der Waals surface area contributed by atoms with Gasteiger partial charge in [-0.25, -0.2) is 9.59 Å². The molecule has 1 unspecified atom stereocenters. The molecule has 0 saturated carbocycles. The number of nitrogens with one attached hydrogen (secondary N) is 1. The molecule has 2 aromatic heterocycles. The molecule has 3 N–H and O–H groups in total. The average molecular weight is 585 g/mol. The third-order valence-electron chi connectivity index (χ3n) is 5.06. The van der Waals surface area contributed by atoms with Crippen LogP contribution >= 0.6 is 0 Å². The molecule has 40 heavy (non-hydrogen) atoms. The van der Waals surface area contributed by atoms with Crippen LogP contribution in [0.2, 0.25) is 0 Å². The number of carboxylic acids is 2. The zero-order chi connectivity index (χ0) is 30.1. The Bertz CT molecular complexity index is 1140. The number of aromatic amines is 1. The van der Waals surface area contributed by atoms with Gasteiger partial charge in [0.25, 0.3) is 11.8 Å². The van der Waals surface area contributed by atoms with Gasteiger partial charge in [-0.3, -0.25) is 19.7 Å². The fourth-order valence-electron chi connectivity index (χ4n) is 3.27. The largest absolute Gasteiger partial charge is 0.490 e. The van der Waals surface area contributed by atoms with Crippen molar-refractivity contribution in [2.24, 2.45) is 0 Å². The number of amides is 2. The van der Waals surface area contributed by atoms with Crippen LogP contribution in [-0.2, 0) is 23.9 Å². The third kappa shape index (κ3) is 9.19. The zero-order valence-electron chi connectivity index (χ0n) is 20.1. The van der Waals surface area contributed by atoms with Crippen molar-refractivity contribution in [2.75, 3.05) is 44.4 Å². The highest BCUT2D eigenvalue weighted by Gasteiger charge is 2.44. The molecule has 220 valence electrons. The maximum atomic E-state index is 12.7. The van der Waals surface area contributed by atoms with Crippen molar-refractivity contribution in [3.05, 3.63) is 42.5 Å². The van der Waals surface area contributed by atoms with Gasteiger partial charge in [-0.2, -0.15) is 31.4 Å². The number of aromatic nitrogens is 3. The maximum absolute atomic E-state index is 12.7. The van der Waals surface area contributed by atoms with E-state index in [-0.39, 0.29) is 18.4 Å². The molecule has 13 nitrogen and oxygen atoms in total. The highest BCUT2D eigenvalue weighted by Crippen LogP contribution is 2.27. The van der Waals surface area contributed by atoms with Gasteiger partial charge in [0.05, 0.1) is 38.2 Å². The van der Waals surface area contributed by atoms with E-state index >= 15 is 0 Å². The fraction of sp³-hybridized carbons (Fsp3) is 0.429. The fourth-order valence-corrected chi connectivity index (χ4v) is 3.27. The molecule has 0 bridgehead atoms. The van der Waals surface area contributed by atoms with Crippen LogP contribution in [0.1, 0.15) is 10.5 Å². The predicted molar refractivity (Wildman–Crippen MR) is 118 cm³/mol. The molecule has 19 heteroatoms. The Morgan fingerprint density at radius 1 is 1.00 bits per heavy atom. The van der Waals surface area contributed by atoms with Crippen LogP contribution in [0, 0.1) is 0 Å². The second kappa shape index (κ2) is 13.2. The summed E-state index contributed by atoms with van der Waals surface area (Å²) in [7, 11) is 0. The Balaban J connectivity index is 0.000000333. The summed E-state index contributed by atoms with van der Waals surface area (Å²) in [6.45, 7) is 1.73. The van der Waals surface area contributed by atoms with E-state index in [1.54, 1.807) is 34.3 Å². The number of aliphatic carboxylic acids is 2. The van der Waals surface area contributed by atoms with Crippen molar-refractivity contribution in [1.82, 2.24) is 20.1 Å². The molecule has 4 rings (SSSR count). The van der Waals surface area contributed by atoms with E-state index in [0.29, 0.717) is 44.2 Å². The summed E-state index contributed by atoms with van der Waals surface area (Å²) in [6.07, 6.45) is -5.33. The number of anilines is 1. The molecule has 2 aromatic rings. The average Bonchev–Trinajstić information content (AvgIpc) is 3.34. The molecule has 1 spiro atoms. The van der Waals surface area contributed by atoms with Gasteiger partial charge in [0.1, 0.15) is 17.9 Å². The van der Waals surface area contributed by atoms with Gasteiger partial charge < -0.3 is 29.5 Å². The molecule has 2 amide bonds. The Kier molecular flexibility index (Phi) is 10.5. The molecular weight excluding hydrogens is 564 g/mol. The number of H-pyrrole nitrogens is 1. The number of morpholine rings is 1. The number of hydrogen-bond acceptors (Lipinski definition) is 8. The Morgan fingerprint density at radius 2 is 1.62 bits per heavy atom. The lowest BCUT2D eigenvalue weighted by atomic mass is 10.0. The van der Waals surface area contributed by atoms with Crippen LogP contribution < -0.4 is 4.90 Å². The second-order valence-corrected chi connectivity index (χ2v) is 8.02. The molecule has 0 aromatic carbocycles. The summed E-state index contributed by atoms with van der Waals surface area (Å²) in [5.41, 5.74) is 0.338. The monoisotopic (exact) mass is 585 g/mol.